The molecule has 1 aliphatic heterocycles. The number of hydrogen-bond donors (Lipinski definition) is 0. The molecule has 0 spiro atoms. The van der Waals surface area contributed by atoms with Gasteiger partial charge in [-0.25, -0.2) is 4.79 Å². The smallest absolute Gasteiger partial charge is 0.263 e. The van der Waals surface area contributed by atoms with Crippen LogP contribution >= 0.6 is 0 Å². The Morgan fingerprint density at radius 3 is 2.73 bits per heavy atom. The number of ether oxygens (including phenoxy) is 1. The highest BCUT2D eigenvalue weighted by Gasteiger charge is 2.33. The summed E-state index contributed by atoms with van der Waals surface area (Å²) < 4.78 is 4.89. The second-order valence-corrected chi connectivity index (χ2v) is 2.43. The van der Waals surface area contributed by atoms with E-state index in [0.29, 0.717) is 6.54 Å². The number of methoxy groups -OCH3 is 1. The third-order valence-corrected chi connectivity index (χ3v) is 1.73. The zero-order valence-corrected chi connectivity index (χ0v) is 6.46. The number of nitrogens with zero attached hydrogens (tertiary/aromatic N) is 1. The van der Waals surface area contributed by atoms with Crippen LogP contribution in [0.2, 0.25) is 0 Å². The van der Waals surface area contributed by atoms with Crippen molar-refractivity contribution < 1.29 is 14.3 Å². The molecule has 0 aromatic rings. The van der Waals surface area contributed by atoms with Crippen LogP contribution in [-0.2, 0) is 14.3 Å². The highest BCUT2D eigenvalue weighted by atomic mass is 16.5. The van der Waals surface area contributed by atoms with Gasteiger partial charge in [-0.3, -0.25) is 4.79 Å². The molecule has 4 heteroatoms. The van der Waals surface area contributed by atoms with E-state index in [1.807, 2.05) is 0 Å². The second-order valence-electron chi connectivity index (χ2n) is 2.43. The topological polar surface area (TPSA) is 46.6 Å². The van der Waals surface area contributed by atoms with E-state index in [1.54, 1.807) is 13.0 Å². The highest BCUT2D eigenvalue weighted by molar-refractivity contribution is 6.03. The quantitative estimate of drug-likeness (QED) is 0.369. The molecule has 1 unspecified atom stereocenters. The van der Waals surface area contributed by atoms with E-state index in [1.165, 1.54) is 12.0 Å². The second kappa shape index (κ2) is 2.86. The standard InChI is InChI=1S/C7H9NO3/c1-8-3-6(11-2)5(4-9)7(8)10/h6H,3H2,1-2H3. The maximum atomic E-state index is 11.1. The normalized spacial score (nSPS) is 24.2. The lowest BCUT2D eigenvalue weighted by atomic mass is 10.2. The van der Waals surface area contributed by atoms with Crippen LogP contribution in [0.4, 0.5) is 0 Å². The molecule has 1 saturated heterocycles. The minimum Gasteiger partial charge on any atom is -0.374 e. The van der Waals surface area contributed by atoms with Gasteiger partial charge < -0.3 is 9.64 Å². The van der Waals surface area contributed by atoms with Crippen molar-refractivity contribution in [2.24, 2.45) is 0 Å². The first-order valence-corrected chi connectivity index (χ1v) is 3.24. The average Bonchev–Trinajstić information content (AvgIpc) is 2.28. The largest absolute Gasteiger partial charge is 0.374 e. The fraction of sp³-hybridized carbons (Fsp3) is 0.571. The molecular formula is C7H9NO3. The van der Waals surface area contributed by atoms with Crippen LogP contribution in [0.5, 0.6) is 0 Å². The Balaban J connectivity index is 2.91. The summed E-state index contributed by atoms with van der Waals surface area (Å²) in [7, 11) is 3.09. The van der Waals surface area contributed by atoms with Crippen molar-refractivity contribution in [2.45, 2.75) is 6.10 Å². The van der Waals surface area contributed by atoms with Gasteiger partial charge in [-0.15, -0.1) is 0 Å². The van der Waals surface area contributed by atoms with Crippen LogP contribution in [0.3, 0.4) is 0 Å². The lowest BCUT2D eigenvalue weighted by Crippen LogP contribution is -2.20. The van der Waals surface area contributed by atoms with Crippen molar-refractivity contribution in [1.29, 1.82) is 0 Å². The molecule has 0 bridgehead atoms. The molecule has 0 radical (unpaired) electrons. The van der Waals surface area contributed by atoms with E-state index in [9.17, 15) is 9.59 Å². The molecule has 1 amide bonds. The minimum absolute atomic E-state index is 0.0926. The first-order valence-electron chi connectivity index (χ1n) is 3.24. The Labute approximate surface area is 64.4 Å². The number of rotatable bonds is 1. The summed E-state index contributed by atoms with van der Waals surface area (Å²) in [5.41, 5.74) is 0.0926. The van der Waals surface area contributed by atoms with Crippen LogP contribution in [0.25, 0.3) is 0 Å². The van der Waals surface area contributed by atoms with Crippen LogP contribution < -0.4 is 0 Å². The van der Waals surface area contributed by atoms with Crippen molar-refractivity contribution >= 4 is 11.8 Å². The third kappa shape index (κ3) is 1.18. The molecule has 0 N–H and O–H groups in total. The summed E-state index contributed by atoms with van der Waals surface area (Å²) in [5.74, 6) is 1.31. The van der Waals surface area contributed by atoms with Crippen molar-refractivity contribution in [3.63, 3.8) is 0 Å². The summed E-state index contributed by atoms with van der Waals surface area (Å²) in [6, 6.07) is 0. The number of amides is 1. The van der Waals surface area contributed by atoms with Crippen molar-refractivity contribution in [1.82, 2.24) is 4.90 Å². The van der Waals surface area contributed by atoms with Gasteiger partial charge in [0.25, 0.3) is 5.91 Å². The van der Waals surface area contributed by atoms with Gasteiger partial charge in [-0.2, -0.15) is 0 Å². The van der Waals surface area contributed by atoms with Gasteiger partial charge in [-0.1, -0.05) is 0 Å². The molecule has 1 heterocycles. The van der Waals surface area contributed by atoms with Crippen LogP contribution in [0.15, 0.2) is 5.57 Å². The molecule has 1 rings (SSSR count). The van der Waals surface area contributed by atoms with Crippen LogP contribution in [-0.4, -0.2) is 43.6 Å². The predicted molar refractivity (Wildman–Crippen MR) is 37.6 cm³/mol. The van der Waals surface area contributed by atoms with Gasteiger partial charge >= 0.3 is 0 Å². The van der Waals surface area contributed by atoms with Gasteiger partial charge in [0.15, 0.2) is 0 Å². The first-order chi connectivity index (χ1) is 5.20. The zero-order valence-electron chi connectivity index (χ0n) is 6.46. The van der Waals surface area contributed by atoms with Gasteiger partial charge in [0.1, 0.15) is 17.6 Å². The molecule has 0 aromatic heterocycles. The molecule has 11 heavy (non-hydrogen) atoms. The number of carbonyl (C=O) groups is 1. The first kappa shape index (κ1) is 7.98. The Bertz CT molecular complexity index is 230. The van der Waals surface area contributed by atoms with Gasteiger partial charge in [-0.05, 0) is 0 Å². The van der Waals surface area contributed by atoms with Crippen molar-refractivity contribution in [3.8, 4) is 0 Å². The maximum Gasteiger partial charge on any atom is 0.263 e. The molecule has 60 valence electrons. The molecule has 0 aliphatic carbocycles. The maximum absolute atomic E-state index is 11.1. The Hall–Kier alpha value is -1.12. The molecular weight excluding hydrogens is 146 g/mol. The van der Waals surface area contributed by atoms with Crippen LogP contribution in [0, 0.1) is 0 Å². The summed E-state index contributed by atoms with van der Waals surface area (Å²) in [4.78, 5) is 22.7. The summed E-state index contributed by atoms with van der Waals surface area (Å²) in [6.07, 6.45) is -0.398. The number of carbonyl (C=O) groups excluding carboxylic acids is 2. The van der Waals surface area contributed by atoms with Gasteiger partial charge in [0.05, 0.1) is 6.54 Å². The molecule has 0 saturated carbocycles. The monoisotopic (exact) mass is 155 g/mol. The van der Waals surface area contributed by atoms with E-state index in [0.717, 1.165) is 0 Å². The predicted octanol–water partition coefficient (Wildman–Crippen LogP) is -0.769. The number of likely N-dealkylation sites (N-methyl/N-ethyl adjacent to an activating group) is 1. The average molecular weight is 155 g/mol. The molecule has 1 atom stereocenters. The summed E-state index contributed by atoms with van der Waals surface area (Å²) in [5, 5.41) is 0. The Kier molecular flexibility index (Phi) is 2.08. The van der Waals surface area contributed by atoms with Crippen molar-refractivity contribution in [2.75, 3.05) is 20.7 Å². The Morgan fingerprint density at radius 1 is 1.73 bits per heavy atom. The van der Waals surface area contributed by atoms with E-state index in [2.05, 4.69) is 0 Å². The third-order valence-electron chi connectivity index (χ3n) is 1.73. The Morgan fingerprint density at radius 2 is 2.36 bits per heavy atom. The van der Waals surface area contributed by atoms with Gasteiger partial charge in [0, 0.05) is 14.2 Å². The molecule has 1 aliphatic rings. The minimum atomic E-state index is -0.398. The van der Waals surface area contributed by atoms with E-state index < -0.39 is 6.10 Å². The molecule has 1 fully saturated rings. The number of hydrogen-bond acceptors (Lipinski definition) is 3. The lowest BCUT2D eigenvalue weighted by molar-refractivity contribution is -0.123. The molecule has 0 aromatic carbocycles. The fourth-order valence-electron chi connectivity index (χ4n) is 1.07. The zero-order chi connectivity index (χ0) is 8.43. The van der Waals surface area contributed by atoms with Gasteiger partial charge in [0.2, 0.25) is 0 Å². The highest BCUT2D eigenvalue weighted by Crippen LogP contribution is 2.15. The van der Waals surface area contributed by atoms with Crippen molar-refractivity contribution in [3.05, 3.63) is 5.57 Å². The summed E-state index contributed by atoms with van der Waals surface area (Å²) >= 11 is 0. The molecule has 4 nitrogen and oxygen atoms in total. The fourth-order valence-corrected chi connectivity index (χ4v) is 1.07. The SMILES string of the molecule is COC1CN(C)C(=O)C1=C=O. The van der Waals surface area contributed by atoms with E-state index in [-0.39, 0.29) is 11.5 Å². The lowest BCUT2D eigenvalue weighted by Gasteiger charge is -2.06. The summed E-state index contributed by atoms with van der Waals surface area (Å²) in [6.45, 7) is 0.444. The van der Waals surface area contributed by atoms with E-state index >= 15 is 0 Å². The number of likely N-dealkylation sites (tertiary alicyclic amines) is 1. The van der Waals surface area contributed by atoms with E-state index in [4.69, 9.17) is 4.74 Å². The van der Waals surface area contributed by atoms with Crippen LogP contribution in [0.1, 0.15) is 0 Å².